The van der Waals surface area contributed by atoms with Gasteiger partial charge in [-0.3, -0.25) is 11.3 Å². The predicted molar refractivity (Wildman–Crippen MR) is 77.5 cm³/mol. The minimum Gasteiger partial charge on any atom is -0.375 e. The van der Waals surface area contributed by atoms with Gasteiger partial charge in [-0.15, -0.1) is 0 Å². The van der Waals surface area contributed by atoms with E-state index in [1.165, 1.54) is 57.8 Å². The molecule has 3 heteroatoms. The number of hydrazine groups is 1. The highest BCUT2D eigenvalue weighted by Crippen LogP contribution is 2.45. The van der Waals surface area contributed by atoms with Crippen molar-refractivity contribution in [3.63, 3.8) is 0 Å². The fraction of sp³-hybridized carbons (Fsp3) is 0.875. The van der Waals surface area contributed by atoms with Crippen LogP contribution in [0.3, 0.4) is 0 Å². The molecule has 1 heterocycles. The third kappa shape index (κ3) is 3.04. The predicted octanol–water partition coefficient (Wildman–Crippen LogP) is 3.06. The van der Waals surface area contributed by atoms with E-state index >= 15 is 0 Å². The zero-order chi connectivity index (χ0) is 13.1. The summed E-state index contributed by atoms with van der Waals surface area (Å²) in [6, 6.07) is 0.450. The molecular weight excluding hydrogens is 236 g/mol. The Hall–Kier alpha value is -0.380. The van der Waals surface area contributed by atoms with Crippen LogP contribution in [0.2, 0.25) is 0 Å². The molecule has 1 saturated carbocycles. The molecule has 2 atom stereocenters. The molecule has 0 amide bonds. The Morgan fingerprint density at radius 3 is 2.89 bits per heavy atom. The Morgan fingerprint density at radius 1 is 1.37 bits per heavy atom. The summed E-state index contributed by atoms with van der Waals surface area (Å²) in [5.41, 5.74) is 4.97. The molecule has 0 bridgehead atoms. The number of nitrogens with two attached hydrogens (primary N) is 1. The van der Waals surface area contributed by atoms with Crippen molar-refractivity contribution < 1.29 is 4.74 Å². The van der Waals surface area contributed by atoms with Gasteiger partial charge in [0.1, 0.15) is 0 Å². The second kappa shape index (κ2) is 5.94. The van der Waals surface area contributed by atoms with E-state index in [1.54, 1.807) is 5.57 Å². The van der Waals surface area contributed by atoms with E-state index in [0.29, 0.717) is 12.0 Å². The molecule has 1 spiro atoms. The maximum atomic E-state index is 6.03. The van der Waals surface area contributed by atoms with Gasteiger partial charge in [0.05, 0.1) is 5.60 Å². The Bertz CT molecular complexity index is 336. The van der Waals surface area contributed by atoms with Crippen molar-refractivity contribution in [2.45, 2.75) is 75.9 Å². The van der Waals surface area contributed by atoms with Gasteiger partial charge in [-0.1, -0.05) is 11.6 Å². The monoisotopic (exact) mass is 264 g/mol. The number of ether oxygens (including phenoxy) is 1. The zero-order valence-electron chi connectivity index (χ0n) is 12.0. The van der Waals surface area contributed by atoms with Gasteiger partial charge in [-0.2, -0.15) is 0 Å². The smallest absolute Gasteiger partial charge is 0.0685 e. The molecule has 2 aliphatic carbocycles. The first-order valence-corrected chi connectivity index (χ1v) is 8.09. The number of allylic oxidation sites excluding steroid dienone is 1. The molecule has 108 valence electrons. The Balaban J connectivity index is 1.59. The Labute approximate surface area is 116 Å². The van der Waals surface area contributed by atoms with Crippen LogP contribution in [0.5, 0.6) is 0 Å². The molecule has 2 unspecified atom stereocenters. The molecular formula is C16H28N2O. The molecule has 0 radical (unpaired) electrons. The third-order valence-electron chi connectivity index (χ3n) is 5.45. The topological polar surface area (TPSA) is 47.3 Å². The SMILES string of the molecule is NNC(CC1=CCCCC1)C1CCOC2(CCC2)C1. The Kier molecular flexibility index (Phi) is 4.25. The van der Waals surface area contributed by atoms with Gasteiger partial charge in [-0.25, -0.2) is 0 Å². The molecule has 1 saturated heterocycles. The van der Waals surface area contributed by atoms with E-state index in [-0.39, 0.29) is 5.60 Å². The molecule has 3 nitrogen and oxygen atoms in total. The molecule has 1 aliphatic heterocycles. The van der Waals surface area contributed by atoms with Crippen LogP contribution in [0.25, 0.3) is 0 Å². The van der Waals surface area contributed by atoms with E-state index in [2.05, 4.69) is 11.5 Å². The highest BCUT2D eigenvalue weighted by molar-refractivity contribution is 5.08. The molecule has 0 aromatic heterocycles. The summed E-state index contributed by atoms with van der Waals surface area (Å²) in [5, 5.41) is 0. The number of hydrogen-bond donors (Lipinski definition) is 2. The lowest BCUT2D eigenvalue weighted by atomic mass is 9.69. The van der Waals surface area contributed by atoms with Gasteiger partial charge in [-0.05, 0) is 70.1 Å². The summed E-state index contributed by atoms with van der Waals surface area (Å²) in [6.45, 7) is 0.932. The normalized spacial score (nSPS) is 31.6. The van der Waals surface area contributed by atoms with Gasteiger partial charge in [0, 0.05) is 12.6 Å². The molecule has 0 aromatic rings. The first-order chi connectivity index (χ1) is 9.31. The van der Waals surface area contributed by atoms with Gasteiger partial charge in [0.2, 0.25) is 0 Å². The van der Waals surface area contributed by atoms with E-state index in [1.807, 2.05) is 0 Å². The van der Waals surface area contributed by atoms with E-state index in [0.717, 1.165) is 13.0 Å². The first kappa shape index (κ1) is 13.6. The summed E-state index contributed by atoms with van der Waals surface area (Å²) in [7, 11) is 0. The first-order valence-electron chi connectivity index (χ1n) is 8.09. The van der Waals surface area contributed by atoms with Gasteiger partial charge in [0.25, 0.3) is 0 Å². The van der Waals surface area contributed by atoms with E-state index in [4.69, 9.17) is 10.6 Å². The van der Waals surface area contributed by atoms with Gasteiger partial charge in [0.15, 0.2) is 0 Å². The lowest BCUT2D eigenvalue weighted by Crippen LogP contribution is -2.51. The molecule has 2 fully saturated rings. The molecule has 3 N–H and O–H groups in total. The van der Waals surface area contributed by atoms with Crippen molar-refractivity contribution in [2.75, 3.05) is 6.61 Å². The quantitative estimate of drug-likeness (QED) is 0.466. The maximum absolute atomic E-state index is 6.03. The van der Waals surface area contributed by atoms with Crippen LogP contribution in [0.1, 0.15) is 64.2 Å². The van der Waals surface area contributed by atoms with Crippen molar-refractivity contribution in [3.8, 4) is 0 Å². The largest absolute Gasteiger partial charge is 0.375 e. The molecule has 0 aromatic carbocycles. The highest BCUT2D eigenvalue weighted by Gasteiger charge is 2.44. The number of rotatable bonds is 4. The highest BCUT2D eigenvalue weighted by atomic mass is 16.5. The summed E-state index contributed by atoms with van der Waals surface area (Å²) >= 11 is 0. The number of hydrogen-bond acceptors (Lipinski definition) is 3. The van der Waals surface area contributed by atoms with Crippen molar-refractivity contribution >= 4 is 0 Å². The van der Waals surface area contributed by atoms with E-state index in [9.17, 15) is 0 Å². The maximum Gasteiger partial charge on any atom is 0.0685 e. The minimum absolute atomic E-state index is 0.235. The third-order valence-corrected chi connectivity index (χ3v) is 5.45. The Morgan fingerprint density at radius 2 is 2.26 bits per heavy atom. The average Bonchev–Trinajstić information content (AvgIpc) is 2.44. The van der Waals surface area contributed by atoms with Crippen LogP contribution in [-0.4, -0.2) is 18.2 Å². The summed E-state index contributed by atoms with van der Waals surface area (Å²) in [4.78, 5) is 0. The second-order valence-corrected chi connectivity index (χ2v) is 6.72. The fourth-order valence-electron chi connectivity index (χ4n) is 4.06. The number of nitrogens with one attached hydrogen (secondary N) is 1. The summed E-state index contributed by atoms with van der Waals surface area (Å²) < 4.78 is 6.03. The van der Waals surface area contributed by atoms with Crippen molar-refractivity contribution in [1.82, 2.24) is 5.43 Å². The summed E-state index contributed by atoms with van der Waals surface area (Å²) in [5.74, 6) is 6.55. The van der Waals surface area contributed by atoms with Crippen LogP contribution in [0.15, 0.2) is 11.6 Å². The van der Waals surface area contributed by atoms with Crippen LogP contribution >= 0.6 is 0 Å². The van der Waals surface area contributed by atoms with Crippen molar-refractivity contribution in [2.24, 2.45) is 11.8 Å². The second-order valence-electron chi connectivity index (χ2n) is 6.72. The van der Waals surface area contributed by atoms with Gasteiger partial charge < -0.3 is 4.74 Å². The fourth-order valence-corrected chi connectivity index (χ4v) is 4.06. The zero-order valence-corrected chi connectivity index (χ0v) is 12.0. The van der Waals surface area contributed by atoms with Crippen LogP contribution in [0.4, 0.5) is 0 Å². The van der Waals surface area contributed by atoms with Gasteiger partial charge >= 0.3 is 0 Å². The molecule has 19 heavy (non-hydrogen) atoms. The summed E-state index contributed by atoms with van der Waals surface area (Å²) in [6.07, 6.45) is 15.1. The standard InChI is InChI=1S/C16H28N2O/c17-18-15(11-13-5-2-1-3-6-13)14-7-10-19-16(12-14)8-4-9-16/h5,14-15,18H,1-4,6-12,17H2. The minimum atomic E-state index is 0.235. The van der Waals surface area contributed by atoms with E-state index < -0.39 is 0 Å². The van der Waals surface area contributed by atoms with Crippen LogP contribution in [-0.2, 0) is 4.74 Å². The van der Waals surface area contributed by atoms with Crippen LogP contribution in [0, 0.1) is 5.92 Å². The van der Waals surface area contributed by atoms with Crippen molar-refractivity contribution in [3.05, 3.63) is 11.6 Å². The van der Waals surface area contributed by atoms with Crippen LogP contribution < -0.4 is 11.3 Å². The lowest BCUT2D eigenvalue weighted by molar-refractivity contribution is -0.147. The molecule has 3 aliphatic rings. The van der Waals surface area contributed by atoms with Crippen molar-refractivity contribution in [1.29, 1.82) is 0 Å². The molecule has 3 rings (SSSR count). The lowest BCUT2D eigenvalue weighted by Gasteiger charge is -2.48. The average molecular weight is 264 g/mol.